The summed E-state index contributed by atoms with van der Waals surface area (Å²) in [4.78, 5) is 12.9. The van der Waals surface area contributed by atoms with Gasteiger partial charge in [0.25, 0.3) is 0 Å². The SMILES string of the molecule is CC(Sc1ccccc1)(C(N)=O)c1ccccc1Cl. The van der Waals surface area contributed by atoms with E-state index < -0.39 is 10.7 Å². The molecule has 2 nitrogen and oxygen atoms in total. The highest BCUT2D eigenvalue weighted by atomic mass is 35.5. The molecule has 2 aromatic carbocycles. The Labute approximate surface area is 122 Å². The molecule has 0 radical (unpaired) electrons. The van der Waals surface area contributed by atoms with Gasteiger partial charge in [0.2, 0.25) is 5.91 Å². The van der Waals surface area contributed by atoms with Crippen LogP contribution in [0, 0.1) is 0 Å². The molecule has 0 fully saturated rings. The maximum Gasteiger partial charge on any atom is 0.238 e. The summed E-state index contributed by atoms with van der Waals surface area (Å²) >= 11 is 7.61. The van der Waals surface area contributed by atoms with Crippen molar-refractivity contribution in [3.05, 3.63) is 65.2 Å². The topological polar surface area (TPSA) is 43.1 Å². The summed E-state index contributed by atoms with van der Waals surface area (Å²) in [5.41, 5.74) is 6.34. The first-order valence-electron chi connectivity index (χ1n) is 5.83. The molecule has 2 aromatic rings. The Morgan fingerprint density at radius 3 is 2.26 bits per heavy atom. The summed E-state index contributed by atoms with van der Waals surface area (Å²) in [6.45, 7) is 1.80. The maximum absolute atomic E-state index is 11.9. The minimum absolute atomic E-state index is 0.408. The number of primary amides is 1. The number of nitrogens with two attached hydrogens (primary N) is 1. The molecule has 0 saturated heterocycles. The molecule has 4 heteroatoms. The first kappa shape index (κ1) is 14.0. The average molecular weight is 292 g/mol. The molecule has 0 aliphatic heterocycles. The van der Waals surface area contributed by atoms with Gasteiger partial charge in [-0.05, 0) is 30.7 Å². The zero-order chi connectivity index (χ0) is 13.9. The monoisotopic (exact) mass is 291 g/mol. The lowest BCUT2D eigenvalue weighted by Crippen LogP contribution is -2.35. The van der Waals surface area contributed by atoms with E-state index in [-0.39, 0.29) is 0 Å². The number of benzene rings is 2. The van der Waals surface area contributed by atoms with Gasteiger partial charge in [-0.2, -0.15) is 0 Å². The minimum Gasteiger partial charge on any atom is -0.368 e. The molecule has 0 saturated carbocycles. The Kier molecular flexibility index (Phi) is 4.17. The van der Waals surface area contributed by atoms with Crippen molar-refractivity contribution < 1.29 is 4.79 Å². The van der Waals surface area contributed by atoms with Gasteiger partial charge in [-0.3, -0.25) is 4.79 Å². The molecule has 98 valence electrons. The smallest absolute Gasteiger partial charge is 0.238 e. The standard InChI is InChI=1S/C15H14ClNOS/c1-15(14(17)18,12-9-5-6-10-13(12)16)19-11-7-3-2-4-8-11/h2-10H,1H3,(H2,17,18). The molecule has 0 aromatic heterocycles. The molecule has 2 N–H and O–H groups in total. The van der Waals surface area contributed by atoms with E-state index in [2.05, 4.69) is 0 Å². The third kappa shape index (κ3) is 2.94. The van der Waals surface area contributed by atoms with Gasteiger partial charge in [-0.25, -0.2) is 0 Å². The molecule has 1 atom stereocenters. The third-order valence-electron chi connectivity index (χ3n) is 2.92. The minimum atomic E-state index is -0.889. The van der Waals surface area contributed by atoms with Crippen LogP contribution in [-0.2, 0) is 9.54 Å². The van der Waals surface area contributed by atoms with Crippen LogP contribution in [0.1, 0.15) is 12.5 Å². The number of carbonyl (C=O) groups is 1. The van der Waals surface area contributed by atoms with Gasteiger partial charge in [0, 0.05) is 9.92 Å². The average Bonchev–Trinajstić information content (AvgIpc) is 2.40. The van der Waals surface area contributed by atoms with Crippen molar-refractivity contribution in [2.45, 2.75) is 16.6 Å². The summed E-state index contributed by atoms with van der Waals surface area (Å²) in [7, 11) is 0. The van der Waals surface area contributed by atoms with E-state index in [9.17, 15) is 4.79 Å². The Bertz CT molecular complexity index is 588. The second-order valence-corrected chi connectivity index (χ2v) is 6.19. The molecule has 0 aliphatic carbocycles. The zero-order valence-electron chi connectivity index (χ0n) is 10.5. The van der Waals surface area contributed by atoms with E-state index >= 15 is 0 Å². The van der Waals surface area contributed by atoms with E-state index in [1.54, 1.807) is 13.0 Å². The molecule has 0 bridgehead atoms. The van der Waals surface area contributed by atoms with Crippen LogP contribution >= 0.6 is 23.4 Å². The number of rotatable bonds is 4. The summed E-state index contributed by atoms with van der Waals surface area (Å²) in [6.07, 6.45) is 0. The van der Waals surface area contributed by atoms with Gasteiger partial charge >= 0.3 is 0 Å². The van der Waals surface area contributed by atoms with Crippen LogP contribution in [0.2, 0.25) is 5.02 Å². The summed E-state index contributed by atoms with van der Waals surface area (Å²) < 4.78 is -0.889. The highest BCUT2D eigenvalue weighted by Gasteiger charge is 2.36. The van der Waals surface area contributed by atoms with Gasteiger partial charge in [0.1, 0.15) is 4.75 Å². The number of amides is 1. The van der Waals surface area contributed by atoms with Crippen LogP contribution in [0.3, 0.4) is 0 Å². The van der Waals surface area contributed by atoms with Crippen LogP contribution in [0.25, 0.3) is 0 Å². The first-order valence-corrected chi connectivity index (χ1v) is 7.02. The molecule has 1 unspecified atom stereocenters. The van der Waals surface area contributed by atoms with Crippen molar-refractivity contribution in [1.82, 2.24) is 0 Å². The highest BCUT2D eigenvalue weighted by Crippen LogP contribution is 2.43. The van der Waals surface area contributed by atoms with Crippen molar-refractivity contribution >= 4 is 29.3 Å². The molecular formula is C15H14ClNOS. The van der Waals surface area contributed by atoms with Gasteiger partial charge < -0.3 is 5.73 Å². The zero-order valence-corrected chi connectivity index (χ0v) is 12.0. The number of hydrogen-bond acceptors (Lipinski definition) is 2. The summed E-state index contributed by atoms with van der Waals surface area (Å²) in [5, 5.41) is 0.548. The second kappa shape index (κ2) is 5.68. The molecule has 2 rings (SSSR count). The lowest BCUT2D eigenvalue weighted by Gasteiger charge is -2.27. The Balaban J connectivity index is 2.45. The van der Waals surface area contributed by atoms with Crippen molar-refractivity contribution in [2.24, 2.45) is 5.73 Å². The van der Waals surface area contributed by atoms with Crippen LogP contribution in [0.15, 0.2) is 59.5 Å². The van der Waals surface area contributed by atoms with E-state index in [0.29, 0.717) is 5.02 Å². The van der Waals surface area contributed by atoms with Crippen molar-refractivity contribution in [2.75, 3.05) is 0 Å². The Morgan fingerprint density at radius 1 is 1.11 bits per heavy atom. The van der Waals surface area contributed by atoms with Crippen LogP contribution < -0.4 is 5.73 Å². The van der Waals surface area contributed by atoms with E-state index in [4.69, 9.17) is 17.3 Å². The van der Waals surface area contributed by atoms with E-state index in [1.165, 1.54) is 11.8 Å². The number of carbonyl (C=O) groups excluding carboxylic acids is 1. The quantitative estimate of drug-likeness (QED) is 0.870. The predicted molar refractivity (Wildman–Crippen MR) is 80.3 cm³/mol. The molecule has 0 aliphatic rings. The second-order valence-electron chi connectivity index (χ2n) is 4.29. The van der Waals surface area contributed by atoms with Gasteiger partial charge in [-0.1, -0.05) is 48.0 Å². The highest BCUT2D eigenvalue weighted by molar-refractivity contribution is 8.01. The van der Waals surface area contributed by atoms with Crippen molar-refractivity contribution in [3.8, 4) is 0 Å². The molecular weight excluding hydrogens is 278 g/mol. The summed E-state index contributed by atoms with van der Waals surface area (Å²) in [6, 6.07) is 17.0. The number of halogens is 1. The van der Waals surface area contributed by atoms with Crippen molar-refractivity contribution in [3.63, 3.8) is 0 Å². The van der Waals surface area contributed by atoms with Crippen molar-refractivity contribution in [1.29, 1.82) is 0 Å². The molecule has 19 heavy (non-hydrogen) atoms. The lowest BCUT2D eigenvalue weighted by atomic mass is 9.99. The molecule has 1 amide bonds. The van der Waals surface area contributed by atoms with Crippen LogP contribution in [0.5, 0.6) is 0 Å². The maximum atomic E-state index is 11.9. The van der Waals surface area contributed by atoms with Crippen LogP contribution in [0.4, 0.5) is 0 Å². The van der Waals surface area contributed by atoms with Crippen LogP contribution in [-0.4, -0.2) is 5.91 Å². The number of thioether (sulfide) groups is 1. The van der Waals surface area contributed by atoms with E-state index in [1.807, 2.05) is 48.5 Å². The van der Waals surface area contributed by atoms with Gasteiger partial charge in [0.15, 0.2) is 0 Å². The lowest BCUT2D eigenvalue weighted by molar-refractivity contribution is -0.120. The fraction of sp³-hybridized carbons (Fsp3) is 0.133. The summed E-state index contributed by atoms with van der Waals surface area (Å²) in [5.74, 6) is -0.408. The number of hydrogen-bond donors (Lipinski definition) is 1. The Hall–Kier alpha value is -1.45. The first-order chi connectivity index (χ1) is 9.04. The third-order valence-corrected chi connectivity index (χ3v) is 4.59. The predicted octanol–water partition coefficient (Wildman–Crippen LogP) is 3.83. The normalized spacial score (nSPS) is 13.8. The molecule has 0 spiro atoms. The molecule has 0 heterocycles. The largest absolute Gasteiger partial charge is 0.368 e. The fourth-order valence-electron chi connectivity index (χ4n) is 1.81. The van der Waals surface area contributed by atoms with Gasteiger partial charge in [0.05, 0.1) is 0 Å². The fourth-order valence-corrected chi connectivity index (χ4v) is 3.34. The van der Waals surface area contributed by atoms with E-state index in [0.717, 1.165) is 10.5 Å². The Morgan fingerprint density at radius 2 is 1.68 bits per heavy atom. The van der Waals surface area contributed by atoms with Gasteiger partial charge in [-0.15, -0.1) is 11.8 Å².